The number of carbonyl (C=O) groups is 1. The van der Waals surface area contributed by atoms with E-state index in [1.807, 2.05) is 19.1 Å². The minimum atomic E-state index is -3.98. The normalized spacial score (nSPS) is 12.4. The Labute approximate surface area is 201 Å². The van der Waals surface area contributed by atoms with Gasteiger partial charge in [0.15, 0.2) is 5.76 Å². The van der Waals surface area contributed by atoms with Crippen LogP contribution in [0, 0.1) is 6.92 Å². The van der Waals surface area contributed by atoms with Crippen LogP contribution in [0.3, 0.4) is 0 Å². The maximum absolute atomic E-state index is 13.3. The van der Waals surface area contributed by atoms with Gasteiger partial charge in [0.1, 0.15) is 11.6 Å². The third-order valence-corrected chi connectivity index (χ3v) is 6.86. The molecule has 7 nitrogen and oxygen atoms in total. The van der Waals surface area contributed by atoms with Gasteiger partial charge in [0.2, 0.25) is 21.2 Å². The Morgan fingerprint density at radius 3 is 2.38 bits per heavy atom. The topological polar surface area (TPSA) is 103 Å². The van der Waals surface area contributed by atoms with Gasteiger partial charge >= 0.3 is 5.97 Å². The molecule has 34 heavy (non-hydrogen) atoms. The summed E-state index contributed by atoms with van der Waals surface area (Å²) in [4.78, 5) is 26.1. The summed E-state index contributed by atoms with van der Waals surface area (Å²) < 4.78 is 38.8. The maximum atomic E-state index is 13.3. The van der Waals surface area contributed by atoms with E-state index in [2.05, 4.69) is 4.72 Å². The van der Waals surface area contributed by atoms with E-state index < -0.39 is 27.5 Å². The minimum Gasteiger partial charge on any atom is -0.452 e. The Bertz CT molecular complexity index is 1530. The van der Waals surface area contributed by atoms with Crippen molar-refractivity contribution in [2.75, 3.05) is 0 Å². The molecule has 3 aromatic carbocycles. The second-order valence-corrected chi connectivity index (χ2v) is 9.82. The number of ether oxygens (including phenoxy) is 1. The lowest BCUT2D eigenvalue weighted by atomic mass is 10.1. The van der Waals surface area contributed by atoms with E-state index >= 15 is 0 Å². The molecule has 0 bridgehead atoms. The molecule has 1 unspecified atom stereocenters. The lowest BCUT2D eigenvalue weighted by molar-refractivity contribution is -0.135. The van der Waals surface area contributed by atoms with Crippen molar-refractivity contribution >= 4 is 38.6 Å². The highest BCUT2D eigenvalue weighted by Crippen LogP contribution is 2.32. The molecule has 1 atom stereocenters. The second kappa shape index (κ2) is 9.42. The molecule has 0 saturated heterocycles. The molecule has 4 rings (SSSR count). The summed E-state index contributed by atoms with van der Waals surface area (Å²) >= 11 is 6.04. The average Bonchev–Trinajstić information content (AvgIpc) is 2.82. The quantitative estimate of drug-likeness (QED) is 0.387. The van der Waals surface area contributed by atoms with Gasteiger partial charge in [-0.05, 0) is 44.2 Å². The summed E-state index contributed by atoms with van der Waals surface area (Å²) in [5.74, 6) is -1.28. The number of halogens is 1. The zero-order chi connectivity index (χ0) is 24.5. The number of fused-ring (bicyclic) bond motifs is 1. The number of aryl methyl sites for hydroxylation is 1. The number of hydrogen-bond donors (Lipinski definition) is 1. The average molecular weight is 498 g/mol. The number of rotatable bonds is 6. The van der Waals surface area contributed by atoms with E-state index in [0.717, 1.165) is 5.56 Å². The fraction of sp³-hybridized carbons (Fsp3) is 0.120. The lowest BCUT2D eigenvalue weighted by Gasteiger charge is -2.15. The zero-order valence-electron chi connectivity index (χ0n) is 18.2. The molecule has 1 aromatic heterocycles. The molecule has 0 saturated carbocycles. The van der Waals surface area contributed by atoms with Crippen LogP contribution in [0.5, 0.6) is 5.75 Å². The third kappa shape index (κ3) is 4.89. The van der Waals surface area contributed by atoms with Crippen LogP contribution in [0.2, 0.25) is 5.02 Å². The van der Waals surface area contributed by atoms with Gasteiger partial charge in [0.05, 0.1) is 10.3 Å². The first-order chi connectivity index (χ1) is 16.2. The van der Waals surface area contributed by atoms with Gasteiger partial charge in [-0.1, -0.05) is 59.6 Å². The van der Waals surface area contributed by atoms with Crippen molar-refractivity contribution in [3.8, 4) is 17.1 Å². The first-order valence-electron chi connectivity index (χ1n) is 10.3. The van der Waals surface area contributed by atoms with Crippen molar-refractivity contribution in [3.05, 3.63) is 93.6 Å². The molecule has 4 aromatic rings. The molecule has 174 valence electrons. The highest BCUT2D eigenvalue weighted by atomic mass is 35.5. The Morgan fingerprint density at radius 1 is 1.03 bits per heavy atom. The molecular weight excluding hydrogens is 478 g/mol. The summed E-state index contributed by atoms with van der Waals surface area (Å²) in [6.07, 6.45) is 0. The van der Waals surface area contributed by atoms with E-state index in [0.29, 0.717) is 10.6 Å². The fourth-order valence-corrected chi connectivity index (χ4v) is 4.66. The highest BCUT2D eigenvalue weighted by molar-refractivity contribution is 7.89. The van der Waals surface area contributed by atoms with Crippen molar-refractivity contribution in [1.82, 2.24) is 4.72 Å². The smallest absolute Gasteiger partial charge is 0.329 e. The van der Waals surface area contributed by atoms with Gasteiger partial charge in [0.25, 0.3) is 0 Å². The second-order valence-electron chi connectivity index (χ2n) is 7.67. The van der Waals surface area contributed by atoms with E-state index in [-0.39, 0.29) is 27.4 Å². The monoisotopic (exact) mass is 497 g/mol. The predicted molar refractivity (Wildman–Crippen MR) is 130 cm³/mol. The van der Waals surface area contributed by atoms with Gasteiger partial charge in [0, 0.05) is 10.6 Å². The molecule has 0 aliphatic carbocycles. The van der Waals surface area contributed by atoms with Crippen molar-refractivity contribution in [3.63, 3.8) is 0 Å². The van der Waals surface area contributed by atoms with Crippen LogP contribution in [0.4, 0.5) is 0 Å². The molecule has 9 heteroatoms. The van der Waals surface area contributed by atoms with Crippen molar-refractivity contribution in [2.24, 2.45) is 0 Å². The molecule has 0 aliphatic rings. The van der Waals surface area contributed by atoms with Gasteiger partial charge < -0.3 is 9.15 Å². The first kappa shape index (κ1) is 23.7. The summed E-state index contributed by atoms with van der Waals surface area (Å²) in [6.45, 7) is 3.23. The van der Waals surface area contributed by atoms with Crippen LogP contribution in [-0.4, -0.2) is 20.4 Å². The van der Waals surface area contributed by atoms with Crippen LogP contribution in [-0.2, 0) is 14.8 Å². The molecule has 0 fully saturated rings. The molecule has 0 radical (unpaired) electrons. The Hall–Kier alpha value is -3.46. The van der Waals surface area contributed by atoms with Crippen LogP contribution in [0.25, 0.3) is 22.3 Å². The van der Waals surface area contributed by atoms with Crippen molar-refractivity contribution < 1.29 is 22.4 Å². The lowest BCUT2D eigenvalue weighted by Crippen LogP contribution is -2.41. The number of esters is 1. The largest absolute Gasteiger partial charge is 0.452 e. The minimum absolute atomic E-state index is 0.00476. The number of hydrogen-bond acceptors (Lipinski definition) is 6. The molecule has 1 N–H and O–H groups in total. The molecular formula is C25H20ClNO6S. The number of sulfonamides is 1. The maximum Gasteiger partial charge on any atom is 0.329 e. The first-order valence-corrected chi connectivity index (χ1v) is 12.1. The van der Waals surface area contributed by atoms with Gasteiger partial charge in [-0.25, -0.2) is 13.2 Å². The van der Waals surface area contributed by atoms with Crippen molar-refractivity contribution in [2.45, 2.75) is 24.8 Å². The van der Waals surface area contributed by atoms with E-state index in [4.69, 9.17) is 20.8 Å². The third-order valence-electron chi connectivity index (χ3n) is 5.07. The Morgan fingerprint density at radius 2 is 1.71 bits per heavy atom. The Balaban J connectivity index is 1.73. The number of carbonyl (C=O) groups excluding carboxylic acids is 1. The molecule has 0 aliphatic heterocycles. The summed E-state index contributed by atoms with van der Waals surface area (Å²) in [6, 6.07) is 18.0. The molecule has 0 amide bonds. The zero-order valence-corrected chi connectivity index (χ0v) is 19.8. The summed E-state index contributed by atoms with van der Waals surface area (Å²) in [7, 11) is -3.98. The van der Waals surface area contributed by atoms with Gasteiger partial charge in [-0.15, -0.1) is 0 Å². The predicted octanol–water partition coefficient (Wildman–Crippen LogP) is 4.69. The van der Waals surface area contributed by atoms with E-state index in [1.54, 1.807) is 42.5 Å². The van der Waals surface area contributed by atoms with Crippen LogP contribution in [0.1, 0.15) is 12.5 Å². The Kier molecular flexibility index (Phi) is 6.56. The highest BCUT2D eigenvalue weighted by Gasteiger charge is 2.27. The van der Waals surface area contributed by atoms with E-state index in [9.17, 15) is 18.0 Å². The van der Waals surface area contributed by atoms with Crippen molar-refractivity contribution in [1.29, 1.82) is 0 Å². The van der Waals surface area contributed by atoms with Crippen LogP contribution < -0.4 is 14.9 Å². The number of nitrogens with one attached hydrogen (secondary N) is 1. The van der Waals surface area contributed by atoms with Gasteiger partial charge in [-0.2, -0.15) is 4.72 Å². The SMILES string of the molecule is Cc1ccc(-c2oc3ccc(Cl)cc3c(=O)c2OC(=O)C(C)NS(=O)(=O)c2ccccc2)cc1. The van der Waals surface area contributed by atoms with Crippen LogP contribution in [0.15, 0.2) is 86.9 Å². The van der Waals surface area contributed by atoms with E-state index in [1.165, 1.54) is 25.1 Å². The fourth-order valence-electron chi connectivity index (χ4n) is 3.28. The van der Waals surface area contributed by atoms with Gasteiger partial charge in [-0.3, -0.25) is 4.79 Å². The summed E-state index contributed by atoms with van der Waals surface area (Å²) in [5, 5.41) is 0.438. The number of benzene rings is 3. The standard InChI is InChI=1S/C25H20ClNO6S/c1-15-8-10-17(11-9-15)23-24(22(28)20-14-18(26)12-13-21(20)32-23)33-25(29)16(2)27-34(30,31)19-6-4-3-5-7-19/h3-14,16,27H,1-2H3. The van der Waals surface area contributed by atoms with Crippen LogP contribution >= 0.6 is 11.6 Å². The molecule has 0 spiro atoms. The molecule has 1 heterocycles. The summed E-state index contributed by atoms with van der Waals surface area (Å²) in [5.41, 5.74) is 1.16.